The first-order valence-corrected chi connectivity index (χ1v) is 10.3. The van der Waals surface area contributed by atoms with Crippen LogP contribution < -0.4 is 0 Å². The van der Waals surface area contributed by atoms with Gasteiger partial charge in [0, 0.05) is 31.5 Å². The molecule has 1 aliphatic rings. The SMILES string of the molecule is C=CCn1c(SCC(=O)N(C)C2(C#N)CCCCC2)nnc1-c1ccncc1. The Bertz CT molecular complexity index is 867. The highest BCUT2D eigenvalue weighted by atomic mass is 32.2. The van der Waals surface area contributed by atoms with Gasteiger partial charge in [0.1, 0.15) is 5.54 Å². The van der Waals surface area contributed by atoms with Crippen LogP contribution >= 0.6 is 11.8 Å². The fourth-order valence-corrected chi connectivity index (χ4v) is 4.39. The zero-order valence-electron chi connectivity index (χ0n) is 16.0. The quantitative estimate of drug-likeness (QED) is 0.527. The van der Waals surface area contributed by atoms with Gasteiger partial charge >= 0.3 is 0 Å². The molecule has 0 bridgehead atoms. The van der Waals surface area contributed by atoms with Crippen LogP contribution in [-0.4, -0.2) is 48.9 Å². The van der Waals surface area contributed by atoms with Gasteiger partial charge in [-0.1, -0.05) is 37.1 Å². The lowest BCUT2D eigenvalue weighted by atomic mass is 9.81. The molecule has 7 nitrogen and oxygen atoms in total. The van der Waals surface area contributed by atoms with Crippen molar-refractivity contribution < 1.29 is 4.79 Å². The molecule has 8 heteroatoms. The minimum atomic E-state index is -0.674. The number of thioether (sulfide) groups is 1. The van der Waals surface area contributed by atoms with Crippen LogP contribution in [0.15, 0.2) is 42.3 Å². The van der Waals surface area contributed by atoms with E-state index in [0.29, 0.717) is 17.5 Å². The molecule has 2 aromatic heterocycles. The molecule has 0 N–H and O–H groups in total. The minimum absolute atomic E-state index is 0.0629. The van der Waals surface area contributed by atoms with E-state index in [1.165, 1.54) is 11.8 Å². The van der Waals surface area contributed by atoms with Crippen LogP contribution in [0.2, 0.25) is 0 Å². The van der Waals surface area contributed by atoms with E-state index in [4.69, 9.17) is 0 Å². The van der Waals surface area contributed by atoms with E-state index in [-0.39, 0.29) is 11.7 Å². The molecule has 1 amide bonds. The second-order valence-corrected chi connectivity index (χ2v) is 7.83. The van der Waals surface area contributed by atoms with Crippen LogP contribution in [-0.2, 0) is 11.3 Å². The predicted octanol–water partition coefficient (Wildman–Crippen LogP) is 3.30. The van der Waals surface area contributed by atoms with Crippen LogP contribution in [0.25, 0.3) is 11.4 Å². The third kappa shape index (κ3) is 4.09. The van der Waals surface area contributed by atoms with E-state index in [2.05, 4.69) is 27.8 Å². The van der Waals surface area contributed by atoms with Gasteiger partial charge in [0.05, 0.1) is 11.8 Å². The molecule has 28 heavy (non-hydrogen) atoms. The summed E-state index contributed by atoms with van der Waals surface area (Å²) in [5, 5.41) is 18.9. The monoisotopic (exact) mass is 396 g/mol. The van der Waals surface area contributed by atoms with E-state index in [1.54, 1.807) is 30.4 Å². The molecule has 1 fully saturated rings. The molecule has 3 rings (SSSR count). The van der Waals surface area contributed by atoms with Gasteiger partial charge in [0.2, 0.25) is 5.91 Å². The normalized spacial score (nSPS) is 15.6. The van der Waals surface area contributed by atoms with Gasteiger partial charge in [-0.05, 0) is 25.0 Å². The highest BCUT2D eigenvalue weighted by Crippen LogP contribution is 2.33. The molecule has 2 aromatic rings. The summed E-state index contributed by atoms with van der Waals surface area (Å²) >= 11 is 1.34. The Hall–Kier alpha value is -2.66. The fourth-order valence-electron chi connectivity index (χ4n) is 3.52. The molecular formula is C20H24N6OS. The molecule has 2 heterocycles. The molecular weight excluding hydrogens is 372 g/mol. The molecule has 0 unspecified atom stereocenters. The summed E-state index contributed by atoms with van der Waals surface area (Å²) in [6.07, 6.45) is 9.78. The van der Waals surface area contributed by atoms with Crippen molar-refractivity contribution in [2.24, 2.45) is 0 Å². The number of pyridine rings is 1. The van der Waals surface area contributed by atoms with Crippen molar-refractivity contribution in [1.29, 1.82) is 5.26 Å². The summed E-state index contributed by atoms with van der Waals surface area (Å²) in [4.78, 5) is 18.5. The Morgan fingerprint density at radius 1 is 1.36 bits per heavy atom. The highest BCUT2D eigenvalue weighted by Gasteiger charge is 2.38. The van der Waals surface area contributed by atoms with Crippen molar-refractivity contribution in [3.63, 3.8) is 0 Å². The topological polar surface area (TPSA) is 87.7 Å². The van der Waals surface area contributed by atoms with E-state index in [1.807, 2.05) is 16.7 Å². The Balaban J connectivity index is 1.73. The van der Waals surface area contributed by atoms with Gasteiger partial charge in [-0.3, -0.25) is 14.3 Å². The first-order chi connectivity index (χ1) is 13.6. The largest absolute Gasteiger partial charge is 0.326 e. The fraction of sp³-hybridized carbons (Fsp3) is 0.450. The van der Waals surface area contributed by atoms with Crippen LogP contribution in [0.3, 0.4) is 0 Å². The van der Waals surface area contributed by atoms with E-state index >= 15 is 0 Å². The minimum Gasteiger partial charge on any atom is -0.326 e. The number of carbonyl (C=O) groups is 1. The number of nitriles is 1. The van der Waals surface area contributed by atoms with Gasteiger partial charge in [0.25, 0.3) is 0 Å². The summed E-state index contributed by atoms with van der Waals surface area (Å²) in [5.74, 6) is 0.865. The Kier molecular flexibility index (Phi) is 6.47. The molecule has 1 saturated carbocycles. The zero-order valence-corrected chi connectivity index (χ0v) is 16.9. The summed E-state index contributed by atoms with van der Waals surface area (Å²) in [7, 11) is 1.74. The number of rotatable bonds is 7. The standard InChI is InChI=1S/C20H24N6OS/c1-3-13-26-18(16-7-11-22-12-8-16)23-24-19(26)28-14-17(27)25(2)20(15-21)9-5-4-6-10-20/h3,7-8,11-12H,1,4-6,9-10,13-14H2,2H3. The first kappa shape index (κ1) is 20.1. The number of hydrogen-bond acceptors (Lipinski definition) is 6. The summed E-state index contributed by atoms with van der Waals surface area (Å²) < 4.78 is 1.93. The van der Waals surface area contributed by atoms with Crippen molar-refractivity contribution in [2.75, 3.05) is 12.8 Å². The molecule has 1 aliphatic carbocycles. The maximum Gasteiger partial charge on any atom is 0.234 e. The van der Waals surface area contributed by atoms with Crippen molar-refractivity contribution in [3.8, 4) is 17.5 Å². The maximum absolute atomic E-state index is 12.8. The van der Waals surface area contributed by atoms with Crippen LogP contribution in [0.1, 0.15) is 32.1 Å². The van der Waals surface area contributed by atoms with Gasteiger partial charge in [-0.2, -0.15) is 5.26 Å². The van der Waals surface area contributed by atoms with E-state index in [0.717, 1.165) is 37.7 Å². The summed E-state index contributed by atoms with van der Waals surface area (Å²) in [6, 6.07) is 6.14. The van der Waals surface area contributed by atoms with Crippen molar-refractivity contribution >= 4 is 17.7 Å². The van der Waals surface area contributed by atoms with Crippen molar-refractivity contribution in [3.05, 3.63) is 37.2 Å². The van der Waals surface area contributed by atoms with Gasteiger partial charge in [0.15, 0.2) is 11.0 Å². The average Bonchev–Trinajstić information content (AvgIpc) is 3.15. The number of amides is 1. The van der Waals surface area contributed by atoms with E-state index in [9.17, 15) is 10.1 Å². The summed E-state index contributed by atoms with van der Waals surface area (Å²) in [6.45, 7) is 4.35. The third-order valence-electron chi connectivity index (χ3n) is 5.20. The zero-order chi connectivity index (χ0) is 20.0. The van der Waals surface area contributed by atoms with Gasteiger partial charge in [-0.15, -0.1) is 16.8 Å². The van der Waals surface area contributed by atoms with Crippen molar-refractivity contribution in [2.45, 2.75) is 49.3 Å². The third-order valence-corrected chi connectivity index (χ3v) is 6.15. The Morgan fingerprint density at radius 2 is 2.07 bits per heavy atom. The number of aromatic nitrogens is 4. The van der Waals surface area contributed by atoms with Gasteiger partial charge in [-0.25, -0.2) is 0 Å². The first-order valence-electron chi connectivity index (χ1n) is 9.36. The second kappa shape index (κ2) is 9.02. The lowest BCUT2D eigenvalue weighted by molar-refractivity contribution is -0.131. The number of hydrogen-bond donors (Lipinski definition) is 0. The average molecular weight is 397 g/mol. The lowest BCUT2D eigenvalue weighted by Crippen LogP contribution is -2.50. The van der Waals surface area contributed by atoms with Crippen LogP contribution in [0, 0.1) is 11.3 Å². The highest BCUT2D eigenvalue weighted by molar-refractivity contribution is 7.99. The molecule has 0 saturated heterocycles. The second-order valence-electron chi connectivity index (χ2n) is 6.89. The smallest absolute Gasteiger partial charge is 0.234 e. The number of nitrogens with zero attached hydrogens (tertiary/aromatic N) is 6. The molecule has 0 aliphatic heterocycles. The molecule has 0 atom stereocenters. The van der Waals surface area contributed by atoms with Gasteiger partial charge < -0.3 is 4.90 Å². The lowest BCUT2D eigenvalue weighted by Gasteiger charge is -2.39. The predicted molar refractivity (Wildman–Crippen MR) is 108 cm³/mol. The van der Waals surface area contributed by atoms with Crippen LogP contribution in [0.5, 0.6) is 0 Å². The molecule has 0 radical (unpaired) electrons. The Labute approximate surface area is 169 Å². The summed E-state index contributed by atoms with van der Waals surface area (Å²) in [5.41, 5.74) is 0.234. The maximum atomic E-state index is 12.8. The molecule has 0 aromatic carbocycles. The van der Waals surface area contributed by atoms with E-state index < -0.39 is 5.54 Å². The molecule has 146 valence electrons. The number of carbonyl (C=O) groups excluding carboxylic acids is 1. The number of allylic oxidation sites excluding steroid dienone is 1. The van der Waals surface area contributed by atoms with Crippen molar-refractivity contribution in [1.82, 2.24) is 24.6 Å². The molecule has 0 spiro atoms. The van der Waals surface area contributed by atoms with Crippen LogP contribution in [0.4, 0.5) is 0 Å². The Morgan fingerprint density at radius 3 is 2.71 bits per heavy atom.